The summed E-state index contributed by atoms with van der Waals surface area (Å²) in [5.74, 6) is -1.15. The summed E-state index contributed by atoms with van der Waals surface area (Å²) in [6.07, 6.45) is 1.88. The van der Waals surface area contributed by atoms with Crippen molar-refractivity contribution in [2.45, 2.75) is 44.1 Å². The highest BCUT2D eigenvalue weighted by molar-refractivity contribution is 5.92. The van der Waals surface area contributed by atoms with Crippen molar-refractivity contribution in [1.29, 1.82) is 0 Å². The zero-order valence-electron chi connectivity index (χ0n) is 12.9. The topological polar surface area (TPSA) is 156 Å². The molecule has 127 valence electrons. The molecule has 0 aromatic carbocycles. The van der Waals surface area contributed by atoms with Crippen LogP contribution in [-0.4, -0.2) is 59.8 Å². The van der Waals surface area contributed by atoms with Crippen molar-refractivity contribution in [3.05, 3.63) is 18.3 Å². The molecule has 1 radical (unpaired) electrons. The van der Waals surface area contributed by atoms with E-state index < -0.39 is 30.2 Å². The molecule has 1 fully saturated rings. The van der Waals surface area contributed by atoms with Crippen LogP contribution in [0.4, 0.5) is 0 Å². The molecule has 10 nitrogen and oxygen atoms in total. The van der Waals surface area contributed by atoms with E-state index in [0.717, 1.165) is 0 Å². The number of amides is 2. The molecule has 2 amide bonds. The van der Waals surface area contributed by atoms with E-state index in [0.29, 0.717) is 0 Å². The molecule has 5 N–H and O–H groups in total. The third kappa shape index (κ3) is 2.59. The van der Waals surface area contributed by atoms with Crippen LogP contribution < -0.4 is 11.1 Å². The molecule has 0 aliphatic heterocycles. The van der Waals surface area contributed by atoms with Crippen LogP contribution in [0.1, 0.15) is 36.4 Å². The van der Waals surface area contributed by atoms with Crippen LogP contribution in [-0.2, 0) is 4.79 Å². The monoisotopic (exact) mass is 333 g/mol. The average molecular weight is 333 g/mol. The molecule has 0 saturated heterocycles. The third-order valence-corrected chi connectivity index (χ3v) is 4.17. The number of aliphatic hydroxyl groups excluding tert-OH is 2. The second-order valence-corrected chi connectivity index (χ2v) is 5.64. The van der Waals surface area contributed by atoms with Gasteiger partial charge in [0.25, 0.3) is 5.91 Å². The molecule has 2 aromatic heterocycles. The number of carbonyl (C=O) groups excluding carboxylic acids is 2. The van der Waals surface area contributed by atoms with Crippen LogP contribution in [0.25, 0.3) is 11.2 Å². The van der Waals surface area contributed by atoms with Gasteiger partial charge >= 0.3 is 0 Å². The standard InChI is InChI=1S/C14H17N6O4/c1-2-9(21)18-6-3-8(11(23)10(6)22)20-13-7(4-16-5-17-13)19-14(20)12(15)24/h5-6,8,10-11,22-23H,2-3H2,1H3,(H2,15,24)(H,18,21)/t6-,8+,10+,11-/m0/s1. The number of carbonyl (C=O) groups is 2. The molecular formula is C14H17N6O4. The fraction of sp³-hybridized carbons (Fsp3) is 0.500. The lowest BCUT2D eigenvalue weighted by Crippen LogP contribution is -2.42. The summed E-state index contributed by atoms with van der Waals surface area (Å²) in [4.78, 5) is 35.1. The fourth-order valence-corrected chi connectivity index (χ4v) is 3.00. The number of nitrogens with one attached hydrogen (secondary N) is 1. The molecule has 3 rings (SSSR count). The van der Waals surface area contributed by atoms with E-state index in [-0.39, 0.29) is 35.7 Å². The van der Waals surface area contributed by atoms with Crippen LogP contribution in [0.15, 0.2) is 6.33 Å². The molecule has 0 unspecified atom stereocenters. The van der Waals surface area contributed by atoms with Gasteiger partial charge in [-0.05, 0) is 6.42 Å². The minimum Gasteiger partial charge on any atom is -0.388 e. The summed E-state index contributed by atoms with van der Waals surface area (Å²) in [5, 5.41) is 23.3. The Balaban J connectivity index is 2.02. The van der Waals surface area contributed by atoms with Gasteiger partial charge in [-0.25, -0.2) is 15.0 Å². The van der Waals surface area contributed by atoms with Crippen LogP contribution in [0, 0.1) is 6.20 Å². The van der Waals surface area contributed by atoms with E-state index >= 15 is 0 Å². The molecule has 0 spiro atoms. The third-order valence-electron chi connectivity index (χ3n) is 4.17. The number of imidazole rings is 1. The summed E-state index contributed by atoms with van der Waals surface area (Å²) in [7, 11) is 0. The first-order chi connectivity index (χ1) is 11.4. The first-order valence-corrected chi connectivity index (χ1v) is 7.50. The Labute approximate surface area is 136 Å². The Morgan fingerprint density at radius 2 is 2.21 bits per heavy atom. The lowest BCUT2D eigenvalue weighted by atomic mass is 10.2. The Hall–Kier alpha value is -2.59. The Kier molecular flexibility index (Phi) is 4.16. The van der Waals surface area contributed by atoms with Gasteiger partial charge in [-0.1, -0.05) is 6.92 Å². The molecule has 2 heterocycles. The van der Waals surface area contributed by atoms with Gasteiger partial charge < -0.3 is 21.3 Å². The number of hydrogen-bond donors (Lipinski definition) is 4. The number of aromatic nitrogens is 4. The quantitative estimate of drug-likeness (QED) is 0.519. The maximum atomic E-state index is 11.7. The Morgan fingerprint density at radius 3 is 2.88 bits per heavy atom. The molecule has 1 saturated carbocycles. The van der Waals surface area contributed by atoms with Gasteiger partial charge in [0, 0.05) is 6.42 Å². The normalized spacial score (nSPS) is 26.6. The Morgan fingerprint density at radius 1 is 1.46 bits per heavy atom. The molecular weight excluding hydrogens is 316 g/mol. The van der Waals surface area contributed by atoms with Crippen molar-refractivity contribution in [2.24, 2.45) is 5.73 Å². The van der Waals surface area contributed by atoms with E-state index in [4.69, 9.17) is 5.73 Å². The molecule has 24 heavy (non-hydrogen) atoms. The minimum absolute atomic E-state index is 0.111. The number of hydrogen-bond acceptors (Lipinski definition) is 7. The predicted molar refractivity (Wildman–Crippen MR) is 80.6 cm³/mol. The number of nitrogens with zero attached hydrogens (tertiary/aromatic N) is 4. The van der Waals surface area contributed by atoms with Crippen LogP contribution in [0.2, 0.25) is 0 Å². The second kappa shape index (κ2) is 6.13. The summed E-state index contributed by atoms with van der Waals surface area (Å²) in [5.41, 5.74) is 5.87. The second-order valence-electron chi connectivity index (χ2n) is 5.64. The average Bonchev–Trinajstić information content (AvgIpc) is 3.07. The van der Waals surface area contributed by atoms with Gasteiger partial charge in [0.15, 0.2) is 5.65 Å². The maximum Gasteiger partial charge on any atom is 0.284 e. The van der Waals surface area contributed by atoms with E-state index in [9.17, 15) is 19.8 Å². The van der Waals surface area contributed by atoms with Gasteiger partial charge in [-0.2, -0.15) is 0 Å². The number of fused-ring (bicyclic) bond motifs is 1. The van der Waals surface area contributed by atoms with Gasteiger partial charge in [-0.15, -0.1) is 0 Å². The van der Waals surface area contributed by atoms with Crippen molar-refractivity contribution in [2.75, 3.05) is 0 Å². The summed E-state index contributed by atoms with van der Waals surface area (Å²) >= 11 is 0. The highest BCUT2D eigenvalue weighted by Crippen LogP contribution is 2.34. The van der Waals surface area contributed by atoms with Crippen molar-refractivity contribution in [3.8, 4) is 0 Å². The van der Waals surface area contributed by atoms with Gasteiger partial charge in [-0.3, -0.25) is 14.2 Å². The van der Waals surface area contributed by atoms with Crippen molar-refractivity contribution < 1.29 is 19.8 Å². The van der Waals surface area contributed by atoms with E-state index in [2.05, 4.69) is 26.5 Å². The number of aliphatic hydroxyl groups is 2. The summed E-state index contributed by atoms with van der Waals surface area (Å²) < 4.78 is 1.38. The number of nitrogens with two attached hydrogens (primary N) is 1. The fourth-order valence-electron chi connectivity index (χ4n) is 3.00. The molecule has 10 heteroatoms. The zero-order chi connectivity index (χ0) is 17.4. The highest BCUT2D eigenvalue weighted by Gasteiger charge is 2.44. The van der Waals surface area contributed by atoms with Crippen LogP contribution >= 0.6 is 0 Å². The number of rotatable bonds is 4. The molecule has 4 atom stereocenters. The van der Waals surface area contributed by atoms with Gasteiger partial charge in [0.05, 0.1) is 12.1 Å². The van der Waals surface area contributed by atoms with Crippen molar-refractivity contribution >= 4 is 23.0 Å². The highest BCUT2D eigenvalue weighted by atomic mass is 16.3. The zero-order valence-corrected chi connectivity index (χ0v) is 12.9. The van der Waals surface area contributed by atoms with Crippen molar-refractivity contribution in [3.63, 3.8) is 0 Å². The van der Waals surface area contributed by atoms with Gasteiger partial charge in [0.2, 0.25) is 11.7 Å². The largest absolute Gasteiger partial charge is 0.388 e. The van der Waals surface area contributed by atoms with Crippen LogP contribution in [0.3, 0.4) is 0 Å². The Bertz CT molecular complexity index is 791. The van der Waals surface area contributed by atoms with E-state index in [1.54, 1.807) is 6.92 Å². The minimum atomic E-state index is -1.22. The van der Waals surface area contributed by atoms with E-state index in [1.807, 2.05) is 0 Å². The lowest BCUT2D eigenvalue weighted by molar-refractivity contribution is -0.122. The first kappa shape index (κ1) is 16.3. The molecule has 2 aromatic rings. The summed E-state index contributed by atoms with van der Waals surface area (Å²) in [6, 6.07) is -1.38. The van der Waals surface area contributed by atoms with Crippen LogP contribution in [0.5, 0.6) is 0 Å². The van der Waals surface area contributed by atoms with Crippen molar-refractivity contribution in [1.82, 2.24) is 24.8 Å². The predicted octanol–water partition coefficient (Wildman–Crippen LogP) is -1.71. The molecule has 0 bridgehead atoms. The molecule has 1 aliphatic rings. The lowest BCUT2D eigenvalue weighted by Gasteiger charge is -2.19. The van der Waals surface area contributed by atoms with E-state index in [1.165, 1.54) is 10.9 Å². The summed E-state index contributed by atoms with van der Waals surface area (Å²) in [6.45, 7) is 1.69. The maximum absolute atomic E-state index is 11.7. The number of primary amides is 1. The first-order valence-electron chi connectivity index (χ1n) is 7.50. The molecule has 1 aliphatic carbocycles. The van der Waals surface area contributed by atoms with Gasteiger partial charge in [0.1, 0.15) is 30.2 Å². The SMILES string of the molecule is CCC(=O)N[C@H]1C[C@@H](n2c(C(N)=O)nc3[c]ncnc32)[C@H](O)[C@@H]1O. The smallest absolute Gasteiger partial charge is 0.284 e.